The van der Waals surface area contributed by atoms with Gasteiger partial charge in [0.1, 0.15) is 0 Å². The Morgan fingerprint density at radius 2 is 1.74 bits per heavy atom. The molecule has 0 atom stereocenters. The predicted molar refractivity (Wildman–Crippen MR) is 103 cm³/mol. The quantitative estimate of drug-likeness (QED) is 0.870. The molecule has 0 aromatic heterocycles. The number of benzene rings is 2. The Labute approximate surface area is 157 Å². The molecule has 1 aliphatic heterocycles. The summed E-state index contributed by atoms with van der Waals surface area (Å²) in [6.07, 6.45) is 0.731. The second kappa shape index (κ2) is 6.87. The van der Waals surface area contributed by atoms with Crippen molar-refractivity contribution in [2.24, 2.45) is 0 Å². The average Bonchev–Trinajstić information content (AvgIpc) is 3.05. The van der Waals surface area contributed by atoms with Crippen LogP contribution in [-0.2, 0) is 21.4 Å². The zero-order valence-electron chi connectivity index (χ0n) is 15.6. The van der Waals surface area contributed by atoms with E-state index in [1.807, 2.05) is 6.07 Å². The molecule has 2 aromatic carbocycles. The number of nitrogens with zero attached hydrogens (tertiary/aromatic N) is 1. The molecule has 1 heterocycles. The molecule has 1 aliphatic rings. The molecule has 27 heavy (non-hydrogen) atoms. The van der Waals surface area contributed by atoms with Crippen molar-refractivity contribution >= 4 is 29.2 Å². The lowest BCUT2D eigenvalue weighted by Crippen LogP contribution is -2.28. The molecule has 6 nitrogen and oxygen atoms in total. The minimum atomic E-state index is -0.995. The van der Waals surface area contributed by atoms with Gasteiger partial charge in [-0.2, -0.15) is 0 Å². The summed E-state index contributed by atoms with van der Waals surface area (Å²) < 4.78 is 0. The van der Waals surface area contributed by atoms with Crippen molar-refractivity contribution in [3.63, 3.8) is 0 Å². The summed E-state index contributed by atoms with van der Waals surface area (Å²) in [6, 6.07) is 12.1. The molecule has 0 spiro atoms. The highest BCUT2D eigenvalue weighted by molar-refractivity contribution is 6.05. The van der Waals surface area contributed by atoms with Gasteiger partial charge in [-0.05, 0) is 61.7 Å². The molecule has 0 fully saturated rings. The summed E-state index contributed by atoms with van der Waals surface area (Å²) in [4.78, 5) is 37.2. The van der Waals surface area contributed by atoms with E-state index in [0.29, 0.717) is 23.4 Å². The highest BCUT2D eigenvalue weighted by Crippen LogP contribution is 2.29. The van der Waals surface area contributed by atoms with Crippen molar-refractivity contribution in [1.29, 1.82) is 0 Å². The summed E-state index contributed by atoms with van der Waals surface area (Å²) in [6.45, 7) is 5.44. The number of hydrogen-bond donors (Lipinski definition) is 2. The first-order chi connectivity index (χ1) is 12.7. The Bertz CT molecular complexity index is 916. The van der Waals surface area contributed by atoms with Gasteiger partial charge in [0.05, 0.1) is 5.41 Å². The lowest BCUT2D eigenvalue weighted by atomic mass is 9.85. The van der Waals surface area contributed by atoms with Crippen LogP contribution in [0, 0.1) is 0 Å². The van der Waals surface area contributed by atoms with Crippen molar-refractivity contribution < 1.29 is 19.5 Å². The van der Waals surface area contributed by atoms with E-state index in [1.165, 1.54) is 6.92 Å². The zero-order valence-corrected chi connectivity index (χ0v) is 15.6. The van der Waals surface area contributed by atoms with Gasteiger partial charge in [-0.25, -0.2) is 0 Å². The molecule has 0 aliphatic carbocycles. The van der Waals surface area contributed by atoms with Crippen LogP contribution in [0.4, 0.5) is 11.4 Å². The third-order valence-electron chi connectivity index (χ3n) is 5.02. The average molecular weight is 366 g/mol. The van der Waals surface area contributed by atoms with Gasteiger partial charge < -0.3 is 15.3 Å². The van der Waals surface area contributed by atoms with Gasteiger partial charge in [-0.3, -0.25) is 14.4 Å². The van der Waals surface area contributed by atoms with Gasteiger partial charge in [0.15, 0.2) is 0 Å². The Morgan fingerprint density at radius 3 is 2.33 bits per heavy atom. The van der Waals surface area contributed by atoms with Gasteiger partial charge in [-0.15, -0.1) is 0 Å². The predicted octanol–water partition coefficient (Wildman–Crippen LogP) is 3.21. The molecule has 0 radical (unpaired) electrons. The Balaban J connectivity index is 1.75. The molecular formula is C21H22N2O4. The first-order valence-corrected chi connectivity index (χ1v) is 8.76. The number of anilines is 2. The number of rotatable bonds is 4. The van der Waals surface area contributed by atoms with E-state index in [0.717, 1.165) is 17.7 Å². The molecule has 6 heteroatoms. The number of nitrogens with one attached hydrogen (secondary N) is 1. The van der Waals surface area contributed by atoms with Crippen molar-refractivity contribution in [3.8, 4) is 0 Å². The number of carboxylic acid groups (broad SMARTS) is 1. The van der Waals surface area contributed by atoms with Crippen LogP contribution in [0.15, 0.2) is 42.5 Å². The number of hydrogen-bond acceptors (Lipinski definition) is 3. The number of carbonyl (C=O) groups is 3. The summed E-state index contributed by atoms with van der Waals surface area (Å²) in [7, 11) is 0. The zero-order chi connectivity index (χ0) is 19.8. The number of amides is 2. The molecule has 0 saturated carbocycles. The molecule has 2 amide bonds. The molecule has 3 rings (SSSR count). The van der Waals surface area contributed by atoms with Crippen LogP contribution in [0.3, 0.4) is 0 Å². The minimum Gasteiger partial charge on any atom is -0.481 e. The van der Waals surface area contributed by atoms with E-state index in [2.05, 4.69) is 5.32 Å². The third kappa shape index (κ3) is 3.56. The fraction of sp³-hybridized carbons (Fsp3) is 0.286. The molecular weight excluding hydrogens is 344 g/mol. The fourth-order valence-corrected chi connectivity index (χ4v) is 3.17. The molecule has 140 valence electrons. The lowest BCUT2D eigenvalue weighted by molar-refractivity contribution is -0.142. The van der Waals surface area contributed by atoms with Gasteiger partial charge in [0.25, 0.3) is 5.91 Å². The van der Waals surface area contributed by atoms with E-state index < -0.39 is 11.4 Å². The number of aliphatic carboxylic acids is 1. The molecule has 2 N–H and O–H groups in total. The van der Waals surface area contributed by atoms with Gasteiger partial charge in [0.2, 0.25) is 5.91 Å². The highest BCUT2D eigenvalue weighted by Gasteiger charge is 2.29. The Hall–Kier alpha value is -3.15. The van der Waals surface area contributed by atoms with Crippen LogP contribution in [-0.4, -0.2) is 29.4 Å². The largest absolute Gasteiger partial charge is 0.481 e. The maximum absolute atomic E-state index is 12.5. The van der Waals surface area contributed by atoms with Crippen LogP contribution in [0.5, 0.6) is 0 Å². The summed E-state index contributed by atoms with van der Waals surface area (Å²) in [5, 5.41) is 12.1. The first kappa shape index (κ1) is 18.6. The second-order valence-electron chi connectivity index (χ2n) is 7.23. The van der Waals surface area contributed by atoms with Crippen molar-refractivity contribution in [2.75, 3.05) is 16.8 Å². The SMILES string of the molecule is CC(=O)N1CCc2cc(C(=O)Nc3ccc(C(C)(C)C(=O)O)cc3)ccc21. The van der Waals surface area contributed by atoms with Crippen molar-refractivity contribution in [2.45, 2.75) is 32.6 Å². The Morgan fingerprint density at radius 1 is 1.07 bits per heavy atom. The summed E-state index contributed by atoms with van der Waals surface area (Å²) in [5.74, 6) is -1.16. The monoisotopic (exact) mass is 366 g/mol. The number of carbonyl (C=O) groups excluding carboxylic acids is 2. The normalized spacial score (nSPS) is 13.2. The first-order valence-electron chi connectivity index (χ1n) is 8.76. The van der Waals surface area contributed by atoms with E-state index in [-0.39, 0.29) is 11.8 Å². The lowest BCUT2D eigenvalue weighted by Gasteiger charge is -2.20. The molecule has 0 unspecified atom stereocenters. The van der Waals surface area contributed by atoms with Gasteiger partial charge >= 0.3 is 5.97 Å². The van der Waals surface area contributed by atoms with Crippen LogP contribution in [0.25, 0.3) is 0 Å². The van der Waals surface area contributed by atoms with Crippen LogP contribution < -0.4 is 10.2 Å². The Kier molecular flexibility index (Phi) is 4.74. The van der Waals surface area contributed by atoms with Crippen molar-refractivity contribution in [3.05, 3.63) is 59.2 Å². The van der Waals surface area contributed by atoms with Crippen LogP contribution in [0.1, 0.15) is 42.3 Å². The minimum absolute atomic E-state index is 0.00433. The molecule has 2 aromatic rings. The standard InChI is InChI=1S/C21H22N2O4/c1-13(24)23-11-10-14-12-15(4-9-18(14)23)19(25)22-17-7-5-16(6-8-17)21(2,3)20(26)27/h4-9,12H,10-11H2,1-3H3,(H,22,25)(H,26,27). The van der Waals surface area contributed by atoms with Crippen LogP contribution >= 0.6 is 0 Å². The molecule has 0 bridgehead atoms. The highest BCUT2D eigenvalue weighted by atomic mass is 16.4. The number of fused-ring (bicyclic) bond motifs is 1. The number of carboxylic acids is 1. The summed E-state index contributed by atoms with van der Waals surface area (Å²) in [5.41, 5.74) is 2.63. The maximum atomic E-state index is 12.5. The van der Waals surface area contributed by atoms with Crippen molar-refractivity contribution in [1.82, 2.24) is 0 Å². The van der Waals surface area contributed by atoms with E-state index >= 15 is 0 Å². The van der Waals surface area contributed by atoms with E-state index in [9.17, 15) is 19.5 Å². The topological polar surface area (TPSA) is 86.7 Å². The second-order valence-corrected chi connectivity index (χ2v) is 7.23. The fourth-order valence-electron chi connectivity index (χ4n) is 3.17. The third-order valence-corrected chi connectivity index (χ3v) is 5.02. The van der Waals surface area contributed by atoms with E-state index in [1.54, 1.807) is 55.1 Å². The molecule has 0 saturated heterocycles. The smallest absolute Gasteiger partial charge is 0.313 e. The van der Waals surface area contributed by atoms with Gasteiger partial charge in [-0.1, -0.05) is 12.1 Å². The maximum Gasteiger partial charge on any atom is 0.313 e. The van der Waals surface area contributed by atoms with Gasteiger partial charge in [0, 0.05) is 30.4 Å². The van der Waals surface area contributed by atoms with Crippen LogP contribution in [0.2, 0.25) is 0 Å². The summed E-state index contributed by atoms with van der Waals surface area (Å²) >= 11 is 0. The van der Waals surface area contributed by atoms with E-state index in [4.69, 9.17) is 0 Å².